The molecule has 0 aliphatic rings. The van der Waals surface area contributed by atoms with E-state index in [1.54, 1.807) is 17.1 Å². The molecule has 0 N–H and O–H groups in total. The van der Waals surface area contributed by atoms with Gasteiger partial charge in [0.15, 0.2) is 5.78 Å². The second-order valence-corrected chi connectivity index (χ2v) is 3.99. The van der Waals surface area contributed by atoms with E-state index in [0.29, 0.717) is 6.42 Å². The van der Waals surface area contributed by atoms with Gasteiger partial charge in [0.05, 0.1) is 11.8 Å². The van der Waals surface area contributed by atoms with E-state index in [0.717, 1.165) is 12.0 Å². The van der Waals surface area contributed by atoms with Crippen molar-refractivity contribution in [1.29, 1.82) is 0 Å². The van der Waals surface area contributed by atoms with Crippen LogP contribution in [0.2, 0.25) is 0 Å². The monoisotopic (exact) mass is 208 g/mol. The number of unbranched alkanes of at least 4 members (excludes halogenated alkanes) is 4. The molecule has 0 aliphatic carbocycles. The Morgan fingerprint density at radius 1 is 1.33 bits per heavy atom. The van der Waals surface area contributed by atoms with E-state index >= 15 is 0 Å². The molecular formula is C12H20N2O. The summed E-state index contributed by atoms with van der Waals surface area (Å²) < 4.78 is 1.67. The number of aryl methyl sites for hydroxylation is 1. The number of aromatic nitrogens is 2. The van der Waals surface area contributed by atoms with Gasteiger partial charge in [-0.2, -0.15) is 5.10 Å². The zero-order chi connectivity index (χ0) is 11.1. The highest BCUT2D eigenvalue weighted by Gasteiger charge is 2.06. The summed E-state index contributed by atoms with van der Waals surface area (Å²) in [5, 5.41) is 3.99. The maximum atomic E-state index is 11.6. The Labute approximate surface area is 91.5 Å². The Morgan fingerprint density at radius 2 is 2.07 bits per heavy atom. The Bertz CT molecular complexity index is 304. The topological polar surface area (TPSA) is 34.9 Å². The first-order valence-corrected chi connectivity index (χ1v) is 5.76. The lowest BCUT2D eigenvalue weighted by Gasteiger charge is -1.98. The van der Waals surface area contributed by atoms with Crippen LogP contribution in [0.15, 0.2) is 12.4 Å². The molecule has 0 radical (unpaired) electrons. The second-order valence-electron chi connectivity index (χ2n) is 3.99. The van der Waals surface area contributed by atoms with Gasteiger partial charge in [0, 0.05) is 19.7 Å². The molecule has 3 heteroatoms. The summed E-state index contributed by atoms with van der Waals surface area (Å²) >= 11 is 0. The standard InChI is InChI=1S/C12H20N2O/c1-3-4-5-6-7-8-12(15)11-9-13-14(2)10-11/h9-10H,3-8H2,1-2H3. The maximum absolute atomic E-state index is 11.6. The Hall–Kier alpha value is -1.12. The lowest BCUT2D eigenvalue weighted by atomic mass is 10.1. The summed E-state index contributed by atoms with van der Waals surface area (Å²) in [5.74, 6) is 0.222. The fourth-order valence-electron chi connectivity index (χ4n) is 1.60. The molecule has 0 aliphatic heterocycles. The van der Waals surface area contributed by atoms with Crippen molar-refractivity contribution in [3.63, 3.8) is 0 Å². The quantitative estimate of drug-likeness (QED) is 0.510. The van der Waals surface area contributed by atoms with Crippen molar-refractivity contribution in [1.82, 2.24) is 9.78 Å². The number of ketones is 1. The smallest absolute Gasteiger partial charge is 0.166 e. The van der Waals surface area contributed by atoms with Gasteiger partial charge in [-0.15, -0.1) is 0 Å². The van der Waals surface area contributed by atoms with E-state index in [1.807, 2.05) is 7.05 Å². The number of carbonyl (C=O) groups excluding carboxylic acids is 1. The van der Waals surface area contributed by atoms with Crippen LogP contribution < -0.4 is 0 Å². The van der Waals surface area contributed by atoms with Gasteiger partial charge in [0.1, 0.15) is 0 Å². The van der Waals surface area contributed by atoms with Gasteiger partial charge in [-0.25, -0.2) is 0 Å². The predicted molar refractivity (Wildman–Crippen MR) is 60.9 cm³/mol. The predicted octanol–water partition coefficient (Wildman–Crippen LogP) is 2.96. The van der Waals surface area contributed by atoms with Crippen LogP contribution >= 0.6 is 0 Å². The van der Waals surface area contributed by atoms with Crippen molar-refractivity contribution >= 4 is 5.78 Å². The zero-order valence-electron chi connectivity index (χ0n) is 9.70. The van der Waals surface area contributed by atoms with Crippen molar-refractivity contribution < 1.29 is 4.79 Å². The minimum Gasteiger partial charge on any atom is -0.294 e. The van der Waals surface area contributed by atoms with Gasteiger partial charge in [0.25, 0.3) is 0 Å². The summed E-state index contributed by atoms with van der Waals surface area (Å²) in [5.41, 5.74) is 0.744. The Kier molecular flexibility index (Phi) is 5.08. The van der Waals surface area contributed by atoms with Crippen LogP contribution in [0.5, 0.6) is 0 Å². The van der Waals surface area contributed by atoms with Gasteiger partial charge < -0.3 is 0 Å². The molecule has 1 heterocycles. The summed E-state index contributed by atoms with van der Waals surface area (Å²) in [6.45, 7) is 2.20. The normalized spacial score (nSPS) is 10.5. The van der Waals surface area contributed by atoms with Crippen LogP contribution in [0, 0.1) is 0 Å². The van der Waals surface area contributed by atoms with E-state index in [1.165, 1.54) is 25.7 Å². The highest BCUT2D eigenvalue weighted by atomic mass is 16.1. The molecule has 0 fully saturated rings. The number of rotatable bonds is 7. The number of hydrogen-bond acceptors (Lipinski definition) is 2. The Balaban J connectivity index is 2.19. The Morgan fingerprint density at radius 3 is 2.67 bits per heavy atom. The van der Waals surface area contributed by atoms with Crippen molar-refractivity contribution in [2.24, 2.45) is 7.05 Å². The lowest BCUT2D eigenvalue weighted by Crippen LogP contribution is -1.97. The van der Waals surface area contributed by atoms with Crippen LogP contribution in [0.25, 0.3) is 0 Å². The van der Waals surface area contributed by atoms with E-state index in [2.05, 4.69) is 12.0 Å². The molecule has 0 unspecified atom stereocenters. The summed E-state index contributed by atoms with van der Waals surface area (Å²) in [7, 11) is 1.83. The molecule has 0 saturated carbocycles. The summed E-state index contributed by atoms with van der Waals surface area (Å²) in [6.07, 6.45) is 10.0. The molecule has 0 bridgehead atoms. The van der Waals surface area contributed by atoms with Crippen molar-refractivity contribution in [3.8, 4) is 0 Å². The maximum Gasteiger partial charge on any atom is 0.166 e. The molecule has 1 aromatic rings. The van der Waals surface area contributed by atoms with Crippen LogP contribution in [-0.4, -0.2) is 15.6 Å². The van der Waals surface area contributed by atoms with Crippen LogP contribution in [0.3, 0.4) is 0 Å². The molecule has 1 rings (SSSR count). The van der Waals surface area contributed by atoms with Crippen molar-refractivity contribution in [2.75, 3.05) is 0 Å². The molecule has 0 saturated heterocycles. The van der Waals surface area contributed by atoms with Gasteiger partial charge in [-0.1, -0.05) is 32.6 Å². The molecule has 3 nitrogen and oxygen atoms in total. The van der Waals surface area contributed by atoms with Crippen molar-refractivity contribution in [3.05, 3.63) is 18.0 Å². The molecule has 1 aromatic heterocycles. The number of hydrogen-bond donors (Lipinski definition) is 0. The lowest BCUT2D eigenvalue weighted by molar-refractivity contribution is 0.0979. The highest BCUT2D eigenvalue weighted by Crippen LogP contribution is 2.09. The number of carbonyl (C=O) groups is 1. The molecule has 0 amide bonds. The van der Waals surface area contributed by atoms with Crippen LogP contribution in [-0.2, 0) is 7.05 Å². The third-order valence-electron chi connectivity index (χ3n) is 2.53. The highest BCUT2D eigenvalue weighted by molar-refractivity contribution is 5.95. The average Bonchev–Trinajstić information content (AvgIpc) is 2.64. The van der Waals surface area contributed by atoms with Crippen LogP contribution in [0.4, 0.5) is 0 Å². The van der Waals surface area contributed by atoms with E-state index in [4.69, 9.17) is 0 Å². The third-order valence-corrected chi connectivity index (χ3v) is 2.53. The number of nitrogens with zero attached hydrogens (tertiary/aromatic N) is 2. The minimum absolute atomic E-state index is 0.222. The molecule has 15 heavy (non-hydrogen) atoms. The molecule has 0 atom stereocenters. The van der Waals surface area contributed by atoms with Gasteiger partial charge in [-0.05, 0) is 6.42 Å². The minimum atomic E-state index is 0.222. The van der Waals surface area contributed by atoms with E-state index in [-0.39, 0.29) is 5.78 Å². The first-order chi connectivity index (χ1) is 7.24. The summed E-state index contributed by atoms with van der Waals surface area (Å²) in [4.78, 5) is 11.6. The second kappa shape index (κ2) is 6.38. The average molecular weight is 208 g/mol. The van der Waals surface area contributed by atoms with E-state index in [9.17, 15) is 4.79 Å². The van der Waals surface area contributed by atoms with Crippen LogP contribution in [0.1, 0.15) is 55.8 Å². The third kappa shape index (κ3) is 4.28. The first kappa shape index (κ1) is 12.0. The van der Waals surface area contributed by atoms with Gasteiger partial charge >= 0.3 is 0 Å². The SMILES string of the molecule is CCCCCCCC(=O)c1cnn(C)c1. The summed E-state index contributed by atoms with van der Waals surface area (Å²) in [6, 6.07) is 0. The number of Topliss-reactive ketones (excluding diaryl/α,β-unsaturated/α-hetero) is 1. The van der Waals surface area contributed by atoms with Gasteiger partial charge in [0.2, 0.25) is 0 Å². The van der Waals surface area contributed by atoms with Crippen molar-refractivity contribution in [2.45, 2.75) is 45.4 Å². The largest absolute Gasteiger partial charge is 0.294 e. The van der Waals surface area contributed by atoms with E-state index < -0.39 is 0 Å². The van der Waals surface area contributed by atoms with Gasteiger partial charge in [-0.3, -0.25) is 9.48 Å². The first-order valence-electron chi connectivity index (χ1n) is 5.76. The molecule has 84 valence electrons. The fourth-order valence-corrected chi connectivity index (χ4v) is 1.60. The molecule has 0 spiro atoms. The fraction of sp³-hybridized carbons (Fsp3) is 0.667. The zero-order valence-corrected chi connectivity index (χ0v) is 9.70. The molecule has 0 aromatic carbocycles. The molecular weight excluding hydrogens is 188 g/mol.